The summed E-state index contributed by atoms with van der Waals surface area (Å²) < 4.78 is 0. The van der Waals surface area contributed by atoms with Gasteiger partial charge in [-0.2, -0.15) is 0 Å². The van der Waals surface area contributed by atoms with E-state index in [-0.39, 0.29) is 30.9 Å². The summed E-state index contributed by atoms with van der Waals surface area (Å²) in [5.41, 5.74) is 3.12. The predicted octanol–water partition coefficient (Wildman–Crippen LogP) is 3.43. The van der Waals surface area contributed by atoms with E-state index in [2.05, 4.69) is 26.3 Å². The summed E-state index contributed by atoms with van der Waals surface area (Å²) in [7, 11) is 0. The molecule has 7 heteroatoms. The number of piperazine rings is 1. The van der Waals surface area contributed by atoms with Gasteiger partial charge in [-0.05, 0) is 18.6 Å². The monoisotopic (exact) mass is 374 g/mol. The van der Waals surface area contributed by atoms with Gasteiger partial charge in [0.25, 0.3) is 0 Å². The second-order valence-corrected chi connectivity index (χ2v) is 5.77. The normalized spacial score (nSPS) is 17.9. The minimum absolute atomic E-state index is 0. The highest BCUT2D eigenvalue weighted by molar-refractivity contribution is 6.31. The van der Waals surface area contributed by atoms with Crippen LogP contribution >= 0.6 is 36.4 Å². The van der Waals surface area contributed by atoms with E-state index in [9.17, 15) is 0 Å². The van der Waals surface area contributed by atoms with Crippen molar-refractivity contribution < 1.29 is 0 Å². The highest BCUT2D eigenvalue weighted by atomic mass is 35.5. The molecule has 1 aliphatic heterocycles. The molecular formula is C16H21Cl3N4. The Kier molecular flexibility index (Phi) is 8.23. The van der Waals surface area contributed by atoms with Gasteiger partial charge in [-0.25, -0.2) is 0 Å². The van der Waals surface area contributed by atoms with Gasteiger partial charge in [-0.15, -0.1) is 24.8 Å². The van der Waals surface area contributed by atoms with E-state index in [1.165, 1.54) is 5.56 Å². The molecular weight excluding hydrogens is 355 g/mol. The summed E-state index contributed by atoms with van der Waals surface area (Å²) in [6, 6.07) is 8.34. The summed E-state index contributed by atoms with van der Waals surface area (Å²) in [4.78, 5) is 11.2. The molecule has 4 nitrogen and oxygen atoms in total. The molecule has 126 valence electrons. The van der Waals surface area contributed by atoms with Crippen molar-refractivity contribution in [3.05, 3.63) is 58.6 Å². The zero-order valence-corrected chi connectivity index (χ0v) is 15.3. The largest absolute Gasteiger partial charge is 0.314 e. The van der Waals surface area contributed by atoms with Gasteiger partial charge in [0.05, 0.1) is 11.4 Å². The molecule has 0 radical (unpaired) electrons. The third kappa shape index (κ3) is 5.03. The molecule has 0 amide bonds. The average molecular weight is 376 g/mol. The fourth-order valence-corrected chi connectivity index (χ4v) is 2.96. The molecule has 23 heavy (non-hydrogen) atoms. The third-order valence-electron chi connectivity index (χ3n) is 3.82. The van der Waals surface area contributed by atoms with Gasteiger partial charge in [0.1, 0.15) is 0 Å². The molecule has 1 N–H and O–H groups in total. The van der Waals surface area contributed by atoms with Crippen molar-refractivity contribution in [2.45, 2.75) is 19.5 Å². The number of aromatic nitrogens is 2. The van der Waals surface area contributed by atoms with Crippen molar-refractivity contribution in [1.82, 2.24) is 20.2 Å². The van der Waals surface area contributed by atoms with Crippen molar-refractivity contribution in [3.63, 3.8) is 0 Å². The quantitative estimate of drug-likeness (QED) is 0.892. The van der Waals surface area contributed by atoms with E-state index in [4.69, 9.17) is 11.6 Å². The molecule has 1 aromatic carbocycles. The lowest BCUT2D eigenvalue weighted by molar-refractivity contribution is 0.152. The molecule has 1 fully saturated rings. The number of rotatable bonds is 3. The molecule has 1 aromatic heterocycles. The molecule has 0 spiro atoms. The van der Waals surface area contributed by atoms with E-state index in [1.807, 2.05) is 37.5 Å². The van der Waals surface area contributed by atoms with Crippen LogP contribution in [0.15, 0.2) is 36.7 Å². The Bertz CT molecular complexity index is 607. The topological polar surface area (TPSA) is 41.1 Å². The molecule has 3 rings (SSSR count). The Morgan fingerprint density at radius 2 is 2.00 bits per heavy atom. The highest BCUT2D eigenvalue weighted by Gasteiger charge is 2.25. The lowest BCUT2D eigenvalue weighted by Crippen LogP contribution is -2.45. The van der Waals surface area contributed by atoms with Gasteiger partial charge in [-0.3, -0.25) is 14.9 Å². The Morgan fingerprint density at radius 3 is 2.70 bits per heavy atom. The first-order valence-corrected chi connectivity index (χ1v) is 7.58. The van der Waals surface area contributed by atoms with Crippen molar-refractivity contribution in [2.24, 2.45) is 0 Å². The van der Waals surface area contributed by atoms with Crippen LogP contribution in [0.5, 0.6) is 0 Å². The Balaban J connectivity index is 0.00000132. The van der Waals surface area contributed by atoms with Crippen LogP contribution in [0, 0.1) is 6.92 Å². The fraction of sp³-hybridized carbons (Fsp3) is 0.375. The van der Waals surface area contributed by atoms with Crippen molar-refractivity contribution in [2.75, 3.05) is 19.6 Å². The van der Waals surface area contributed by atoms with Crippen molar-refractivity contribution in [3.8, 4) is 0 Å². The van der Waals surface area contributed by atoms with Gasteiger partial charge in [-0.1, -0.05) is 29.8 Å². The van der Waals surface area contributed by atoms with Crippen LogP contribution in [0.25, 0.3) is 0 Å². The van der Waals surface area contributed by atoms with E-state index < -0.39 is 0 Å². The van der Waals surface area contributed by atoms with E-state index >= 15 is 0 Å². The fourth-order valence-electron chi connectivity index (χ4n) is 2.70. The maximum Gasteiger partial charge on any atom is 0.0727 e. The lowest BCUT2D eigenvalue weighted by atomic mass is 10.0. The number of hydrogen-bond acceptors (Lipinski definition) is 4. The standard InChI is InChI=1S/C16H19ClN4.2ClH/c1-12-8-20-13(9-19-12)11-21-7-6-18-10-16(21)14-4-2-3-5-15(14)17;;/h2-5,8-9,16,18H,6-7,10-11H2,1H3;2*1H. The van der Waals surface area contributed by atoms with Crippen LogP contribution in [0.3, 0.4) is 0 Å². The molecule has 2 heterocycles. The smallest absolute Gasteiger partial charge is 0.0727 e. The zero-order valence-electron chi connectivity index (χ0n) is 12.9. The maximum atomic E-state index is 6.36. The summed E-state index contributed by atoms with van der Waals surface area (Å²) in [5, 5.41) is 4.27. The molecule has 0 aliphatic carbocycles. The minimum Gasteiger partial charge on any atom is -0.314 e. The number of aryl methyl sites for hydroxylation is 1. The molecule has 0 saturated carbocycles. The van der Waals surface area contributed by atoms with Crippen LogP contribution in [-0.4, -0.2) is 34.5 Å². The van der Waals surface area contributed by atoms with Crippen molar-refractivity contribution >= 4 is 36.4 Å². The average Bonchev–Trinajstić information content (AvgIpc) is 2.51. The number of nitrogens with zero attached hydrogens (tertiary/aromatic N) is 3. The number of hydrogen-bond donors (Lipinski definition) is 1. The van der Waals surface area contributed by atoms with Gasteiger partial charge in [0.2, 0.25) is 0 Å². The molecule has 1 unspecified atom stereocenters. The molecule has 0 bridgehead atoms. The number of nitrogens with one attached hydrogen (secondary N) is 1. The summed E-state index contributed by atoms with van der Waals surface area (Å²) in [6.07, 6.45) is 3.68. The molecule has 1 atom stereocenters. The predicted molar refractivity (Wildman–Crippen MR) is 98.7 cm³/mol. The SMILES string of the molecule is Cc1cnc(CN2CCNCC2c2ccccc2Cl)cn1.Cl.Cl. The Hall–Kier alpha value is -0.910. The molecule has 2 aromatic rings. The lowest BCUT2D eigenvalue weighted by Gasteiger charge is -2.36. The van der Waals surface area contributed by atoms with E-state index in [1.54, 1.807) is 0 Å². The zero-order chi connectivity index (χ0) is 14.7. The Morgan fingerprint density at radius 1 is 1.22 bits per heavy atom. The summed E-state index contributed by atoms with van der Waals surface area (Å²) in [6.45, 7) is 5.62. The van der Waals surface area contributed by atoms with Gasteiger partial charge in [0.15, 0.2) is 0 Å². The first kappa shape index (κ1) is 20.1. The van der Waals surface area contributed by atoms with Crippen LogP contribution in [-0.2, 0) is 6.54 Å². The van der Waals surface area contributed by atoms with E-state index in [0.717, 1.165) is 42.6 Å². The Labute approximate surface area is 154 Å². The van der Waals surface area contributed by atoms with Crippen LogP contribution in [0.4, 0.5) is 0 Å². The van der Waals surface area contributed by atoms with Crippen LogP contribution < -0.4 is 5.32 Å². The molecule has 1 saturated heterocycles. The van der Waals surface area contributed by atoms with Crippen LogP contribution in [0.1, 0.15) is 23.0 Å². The highest BCUT2D eigenvalue weighted by Crippen LogP contribution is 2.29. The summed E-state index contributed by atoms with van der Waals surface area (Å²) in [5.74, 6) is 0. The second kappa shape index (κ2) is 9.40. The number of benzene rings is 1. The van der Waals surface area contributed by atoms with Crippen molar-refractivity contribution in [1.29, 1.82) is 0 Å². The minimum atomic E-state index is 0. The molecule has 1 aliphatic rings. The summed E-state index contributed by atoms with van der Waals surface area (Å²) >= 11 is 6.36. The van der Waals surface area contributed by atoms with Gasteiger partial charge in [0, 0.05) is 49.6 Å². The van der Waals surface area contributed by atoms with Crippen LogP contribution in [0.2, 0.25) is 5.02 Å². The second-order valence-electron chi connectivity index (χ2n) is 5.36. The number of halogens is 3. The van der Waals surface area contributed by atoms with Gasteiger partial charge >= 0.3 is 0 Å². The first-order valence-electron chi connectivity index (χ1n) is 7.21. The van der Waals surface area contributed by atoms with E-state index in [0.29, 0.717) is 0 Å². The maximum absolute atomic E-state index is 6.36. The van der Waals surface area contributed by atoms with Gasteiger partial charge < -0.3 is 5.32 Å². The first-order chi connectivity index (χ1) is 10.2. The third-order valence-corrected chi connectivity index (χ3v) is 4.16.